The molecule has 0 aliphatic rings. The van der Waals surface area contributed by atoms with Crippen molar-refractivity contribution in [2.24, 2.45) is 5.73 Å². The number of ether oxygens (including phenoxy) is 1. The molecule has 0 aliphatic carbocycles. The largest absolute Gasteiger partial charge is 0.487 e. The Labute approximate surface area is 117 Å². The molecule has 2 rings (SSSR count). The van der Waals surface area contributed by atoms with Gasteiger partial charge in [-0.15, -0.1) is 0 Å². The molecule has 0 heterocycles. The molecule has 0 amide bonds. The molecule has 0 saturated carbocycles. The lowest BCUT2D eigenvalue weighted by Gasteiger charge is -2.18. The third kappa shape index (κ3) is 3.54. The van der Waals surface area contributed by atoms with Gasteiger partial charge in [-0.2, -0.15) is 8.78 Å². The summed E-state index contributed by atoms with van der Waals surface area (Å²) >= 11 is 0. The van der Waals surface area contributed by atoms with Gasteiger partial charge < -0.3 is 10.5 Å². The number of hydrogen-bond acceptors (Lipinski definition) is 2. The van der Waals surface area contributed by atoms with Crippen LogP contribution in [0.15, 0.2) is 54.6 Å². The topological polar surface area (TPSA) is 35.2 Å². The first kappa shape index (κ1) is 14.5. The third-order valence-corrected chi connectivity index (χ3v) is 3.00. The van der Waals surface area contributed by atoms with E-state index in [9.17, 15) is 8.78 Å². The van der Waals surface area contributed by atoms with Crippen LogP contribution in [-0.4, -0.2) is 6.61 Å². The summed E-state index contributed by atoms with van der Waals surface area (Å²) in [7, 11) is 0. The summed E-state index contributed by atoms with van der Waals surface area (Å²) in [6.45, 7) is 1.14. The molecule has 0 fully saturated rings. The number of benzene rings is 2. The minimum Gasteiger partial charge on any atom is -0.487 e. The zero-order valence-electron chi connectivity index (χ0n) is 11.2. The molecule has 0 bridgehead atoms. The lowest BCUT2D eigenvalue weighted by atomic mass is 10.1. The van der Waals surface area contributed by atoms with Crippen molar-refractivity contribution in [3.05, 3.63) is 65.7 Å². The van der Waals surface area contributed by atoms with E-state index in [-0.39, 0.29) is 11.6 Å². The molecule has 0 saturated heterocycles. The quantitative estimate of drug-likeness (QED) is 0.900. The van der Waals surface area contributed by atoms with Crippen LogP contribution < -0.4 is 10.5 Å². The first-order valence-electron chi connectivity index (χ1n) is 6.41. The smallest absolute Gasteiger partial charge is 0.306 e. The van der Waals surface area contributed by atoms with E-state index in [0.29, 0.717) is 5.75 Å². The summed E-state index contributed by atoms with van der Waals surface area (Å²) in [6, 6.07) is 14.4. The van der Waals surface area contributed by atoms with E-state index in [1.165, 1.54) is 12.1 Å². The minimum absolute atomic E-state index is 0.0525. The molecule has 2 aromatic carbocycles. The van der Waals surface area contributed by atoms with Crippen molar-refractivity contribution in [1.82, 2.24) is 0 Å². The van der Waals surface area contributed by atoms with Crippen LogP contribution in [0.25, 0.3) is 0 Å². The fourth-order valence-electron chi connectivity index (χ4n) is 1.83. The Hall–Kier alpha value is -1.94. The average molecular weight is 277 g/mol. The second-order valence-corrected chi connectivity index (χ2v) is 4.72. The van der Waals surface area contributed by atoms with E-state index < -0.39 is 12.5 Å². The number of alkyl halides is 2. The summed E-state index contributed by atoms with van der Waals surface area (Å²) in [5.41, 5.74) is 6.55. The molecule has 20 heavy (non-hydrogen) atoms. The molecular weight excluding hydrogens is 260 g/mol. The molecule has 4 heteroatoms. The maximum absolute atomic E-state index is 14.0. The second-order valence-electron chi connectivity index (χ2n) is 4.72. The summed E-state index contributed by atoms with van der Waals surface area (Å²) in [6.07, 6.45) is 0. The molecule has 2 aromatic rings. The number of hydrogen-bond donors (Lipinski definition) is 1. The van der Waals surface area contributed by atoms with Crippen molar-refractivity contribution in [3.63, 3.8) is 0 Å². The van der Waals surface area contributed by atoms with Crippen LogP contribution in [0.1, 0.15) is 24.1 Å². The molecule has 0 spiro atoms. The van der Waals surface area contributed by atoms with Gasteiger partial charge in [-0.3, -0.25) is 0 Å². The van der Waals surface area contributed by atoms with E-state index in [0.717, 1.165) is 5.56 Å². The van der Waals surface area contributed by atoms with Gasteiger partial charge in [0.05, 0.1) is 0 Å². The number of nitrogens with two attached hydrogens (primary N) is 1. The summed E-state index contributed by atoms with van der Waals surface area (Å²) in [5, 5.41) is 0. The number of rotatable bonds is 5. The normalized spacial score (nSPS) is 13.0. The SMILES string of the molecule is C[C@H](N)c1cccc(OCC(F)(F)c2ccccc2)c1. The van der Waals surface area contributed by atoms with Crippen molar-refractivity contribution in [2.45, 2.75) is 18.9 Å². The first-order valence-corrected chi connectivity index (χ1v) is 6.41. The van der Waals surface area contributed by atoms with Crippen LogP contribution >= 0.6 is 0 Å². The van der Waals surface area contributed by atoms with Crippen molar-refractivity contribution < 1.29 is 13.5 Å². The maximum Gasteiger partial charge on any atom is 0.306 e. The van der Waals surface area contributed by atoms with Crippen molar-refractivity contribution in [2.75, 3.05) is 6.61 Å². The van der Waals surface area contributed by atoms with Gasteiger partial charge in [0, 0.05) is 11.6 Å². The average Bonchev–Trinajstić information content (AvgIpc) is 2.46. The van der Waals surface area contributed by atoms with E-state index in [4.69, 9.17) is 10.5 Å². The molecule has 0 unspecified atom stereocenters. The van der Waals surface area contributed by atoms with E-state index in [2.05, 4.69) is 0 Å². The van der Waals surface area contributed by atoms with Gasteiger partial charge in [0.2, 0.25) is 0 Å². The maximum atomic E-state index is 14.0. The van der Waals surface area contributed by atoms with Gasteiger partial charge in [-0.25, -0.2) is 0 Å². The molecule has 0 aromatic heterocycles. The Kier molecular flexibility index (Phi) is 4.35. The predicted octanol–water partition coefficient (Wildman–Crippen LogP) is 3.88. The summed E-state index contributed by atoms with van der Waals surface area (Å²) in [4.78, 5) is 0. The van der Waals surface area contributed by atoms with Crippen LogP contribution in [-0.2, 0) is 5.92 Å². The van der Waals surface area contributed by atoms with Crippen LogP contribution in [0.3, 0.4) is 0 Å². The van der Waals surface area contributed by atoms with Gasteiger partial charge in [0.15, 0.2) is 6.61 Å². The first-order chi connectivity index (χ1) is 9.49. The summed E-state index contributed by atoms with van der Waals surface area (Å²) < 4.78 is 33.1. The predicted molar refractivity (Wildman–Crippen MR) is 74.9 cm³/mol. The Morgan fingerprint density at radius 3 is 2.45 bits per heavy atom. The fraction of sp³-hybridized carbons (Fsp3) is 0.250. The number of halogens is 2. The highest BCUT2D eigenvalue weighted by atomic mass is 19.3. The molecule has 0 aliphatic heterocycles. The molecule has 0 radical (unpaired) electrons. The summed E-state index contributed by atoms with van der Waals surface area (Å²) in [5.74, 6) is -2.62. The fourth-order valence-corrected chi connectivity index (χ4v) is 1.83. The van der Waals surface area contributed by atoms with Gasteiger partial charge in [-0.1, -0.05) is 42.5 Å². The van der Waals surface area contributed by atoms with Gasteiger partial charge in [0.1, 0.15) is 5.75 Å². The lowest BCUT2D eigenvalue weighted by Crippen LogP contribution is -2.23. The second kappa shape index (κ2) is 6.01. The van der Waals surface area contributed by atoms with E-state index in [1.54, 1.807) is 36.4 Å². The molecule has 106 valence electrons. The van der Waals surface area contributed by atoms with Gasteiger partial charge in [0.25, 0.3) is 0 Å². The van der Waals surface area contributed by atoms with Crippen molar-refractivity contribution in [3.8, 4) is 5.75 Å². The standard InChI is InChI=1S/C16H17F2NO/c1-12(19)13-6-5-9-15(10-13)20-11-16(17,18)14-7-3-2-4-8-14/h2-10,12H,11,19H2,1H3/t12-/m0/s1. The van der Waals surface area contributed by atoms with Crippen LogP contribution in [0, 0.1) is 0 Å². The highest BCUT2D eigenvalue weighted by molar-refractivity contribution is 5.30. The molecule has 2 N–H and O–H groups in total. The van der Waals surface area contributed by atoms with Crippen LogP contribution in [0.4, 0.5) is 8.78 Å². The van der Waals surface area contributed by atoms with Gasteiger partial charge in [-0.05, 0) is 24.6 Å². The Bertz CT molecular complexity index is 555. The Morgan fingerprint density at radius 2 is 1.80 bits per heavy atom. The lowest BCUT2D eigenvalue weighted by molar-refractivity contribution is -0.0467. The van der Waals surface area contributed by atoms with Crippen molar-refractivity contribution in [1.29, 1.82) is 0 Å². The van der Waals surface area contributed by atoms with E-state index in [1.807, 2.05) is 13.0 Å². The molecule has 1 atom stereocenters. The zero-order chi connectivity index (χ0) is 14.6. The highest BCUT2D eigenvalue weighted by Gasteiger charge is 2.32. The third-order valence-electron chi connectivity index (χ3n) is 3.00. The monoisotopic (exact) mass is 277 g/mol. The Morgan fingerprint density at radius 1 is 1.10 bits per heavy atom. The molecule has 2 nitrogen and oxygen atoms in total. The highest BCUT2D eigenvalue weighted by Crippen LogP contribution is 2.29. The zero-order valence-corrected chi connectivity index (χ0v) is 11.2. The molecular formula is C16H17F2NO. The van der Waals surface area contributed by atoms with E-state index >= 15 is 0 Å². The van der Waals surface area contributed by atoms with Crippen molar-refractivity contribution >= 4 is 0 Å². The Balaban J connectivity index is 2.06. The van der Waals surface area contributed by atoms with Crippen LogP contribution in [0.2, 0.25) is 0 Å². The van der Waals surface area contributed by atoms with Crippen LogP contribution in [0.5, 0.6) is 5.75 Å². The van der Waals surface area contributed by atoms with Gasteiger partial charge >= 0.3 is 5.92 Å². The minimum atomic E-state index is -3.02.